The average Bonchev–Trinajstić information content (AvgIpc) is 2.47. The Kier molecular flexibility index (Phi) is 3.26. The van der Waals surface area contributed by atoms with E-state index >= 15 is 0 Å². The van der Waals surface area contributed by atoms with Crippen LogP contribution in [0.2, 0.25) is 0 Å². The number of thiazole rings is 1. The second-order valence-electron chi connectivity index (χ2n) is 4.52. The molecule has 0 aliphatic heterocycles. The van der Waals surface area contributed by atoms with E-state index in [0.29, 0.717) is 11.2 Å². The van der Waals surface area contributed by atoms with Gasteiger partial charge in [-0.1, -0.05) is 6.42 Å². The minimum absolute atomic E-state index is 0.610. The van der Waals surface area contributed by atoms with Gasteiger partial charge in [0, 0.05) is 29.7 Å². The van der Waals surface area contributed by atoms with Crippen LogP contribution in [-0.4, -0.2) is 22.0 Å². The third kappa shape index (κ3) is 2.49. The van der Waals surface area contributed by atoms with Crippen LogP contribution < -0.4 is 5.73 Å². The zero-order valence-electron chi connectivity index (χ0n) is 9.44. The highest BCUT2D eigenvalue weighted by Gasteiger charge is 2.27. The fourth-order valence-electron chi connectivity index (χ4n) is 2.03. The summed E-state index contributed by atoms with van der Waals surface area (Å²) < 4.78 is 0. The van der Waals surface area contributed by atoms with Crippen molar-refractivity contribution >= 4 is 16.5 Å². The minimum Gasteiger partial charge on any atom is -0.375 e. The van der Waals surface area contributed by atoms with Gasteiger partial charge in [0.25, 0.3) is 0 Å². The second kappa shape index (κ2) is 4.49. The van der Waals surface area contributed by atoms with Crippen LogP contribution >= 0.6 is 11.3 Å². The van der Waals surface area contributed by atoms with Gasteiger partial charge in [-0.2, -0.15) is 0 Å². The van der Waals surface area contributed by atoms with Gasteiger partial charge in [-0.05, 0) is 26.7 Å². The topological polar surface area (TPSA) is 42.2 Å². The molecule has 0 saturated heterocycles. The molecule has 1 saturated carbocycles. The Morgan fingerprint density at radius 1 is 1.60 bits per heavy atom. The van der Waals surface area contributed by atoms with E-state index in [0.717, 1.165) is 12.6 Å². The number of nitrogens with two attached hydrogens (primary N) is 1. The summed E-state index contributed by atoms with van der Waals surface area (Å²) in [6, 6.07) is 1.40. The molecule has 0 atom stereocenters. The molecule has 0 radical (unpaired) electrons. The molecule has 1 aromatic heterocycles. The van der Waals surface area contributed by atoms with E-state index in [1.165, 1.54) is 24.1 Å². The first-order valence-electron chi connectivity index (χ1n) is 5.62. The molecule has 0 unspecified atom stereocenters. The van der Waals surface area contributed by atoms with Crippen molar-refractivity contribution in [3.05, 3.63) is 11.1 Å². The largest absolute Gasteiger partial charge is 0.375 e. The number of aromatic nitrogens is 1. The number of nitrogens with zero attached hydrogens (tertiary/aromatic N) is 2. The van der Waals surface area contributed by atoms with E-state index in [4.69, 9.17) is 5.73 Å². The fourth-order valence-corrected chi connectivity index (χ4v) is 2.72. The normalized spacial score (nSPS) is 17.3. The van der Waals surface area contributed by atoms with Gasteiger partial charge in [-0.25, -0.2) is 4.98 Å². The first-order valence-corrected chi connectivity index (χ1v) is 6.44. The lowest BCUT2D eigenvalue weighted by Gasteiger charge is -2.40. The Hall–Kier alpha value is -0.610. The molecule has 0 spiro atoms. The van der Waals surface area contributed by atoms with Gasteiger partial charge in [0.1, 0.15) is 0 Å². The van der Waals surface area contributed by atoms with Crippen molar-refractivity contribution < 1.29 is 0 Å². The number of hydrogen-bond acceptors (Lipinski definition) is 4. The quantitative estimate of drug-likeness (QED) is 0.856. The van der Waals surface area contributed by atoms with E-state index in [1.54, 1.807) is 11.3 Å². The van der Waals surface area contributed by atoms with Crippen LogP contribution in [0.5, 0.6) is 0 Å². The maximum Gasteiger partial charge on any atom is 0.180 e. The molecule has 2 rings (SSSR count). The van der Waals surface area contributed by atoms with Crippen LogP contribution in [0.1, 0.15) is 38.0 Å². The first-order chi connectivity index (χ1) is 7.16. The molecule has 84 valence electrons. The number of rotatable bonds is 4. The lowest BCUT2D eigenvalue weighted by atomic mass is 9.90. The van der Waals surface area contributed by atoms with E-state index in [9.17, 15) is 0 Å². The highest BCUT2D eigenvalue weighted by molar-refractivity contribution is 7.15. The molecular weight excluding hydrogens is 206 g/mol. The van der Waals surface area contributed by atoms with Crippen LogP contribution in [0.3, 0.4) is 0 Å². The van der Waals surface area contributed by atoms with Crippen LogP contribution in [0.15, 0.2) is 6.20 Å². The van der Waals surface area contributed by atoms with Crippen LogP contribution in [0.4, 0.5) is 5.13 Å². The molecule has 0 aromatic carbocycles. The monoisotopic (exact) mass is 225 g/mol. The number of anilines is 1. The Morgan fingerprint density at radius 2 is 2.33 bits per heavy atom. The molecule has 0 amide bonds. The number of hydrogen-bond donors (Lipinski definition) is 1. The lowest BCUT2D eigenvalue weighted by Crippen LogP contribution is -2.43. The van der Waals surface area contributed by atoms with Crippen molar-refractivity contribution in [3.63, 3.8) is 0 Å². The smallest absolute Gasteiger partial charge is 0.180 e. The van der Waals surface area contributed by atoms with Gasteiger partial charge in [0.15, 0.2) is 5.13 Å². The fraction of sp³-hybridized carbons (Fsp3) is 0.727. The van der Waals surface area contributed by atoms with Gasteiger partial charge in [-0.15, -0.1) is 11.3 Å². The Labute approximate surface area is 95.3 Å². The van der Waals surface area contributed by atoms with Gasteiger partial charge in [0.2, 0.25) is 0 Å². The van der Waals surface area contributed by atoms with Crippen molar-refractivity contribution in [1.82, 2.24) is 9.88 Å². The summed E-state index contributed by atoms with van der Waals surface area (Å²) >= 11 is 1.61. The van der Waals surface area contributed by atoms with E-state index in [2.05, 4.69) is 23.7 Å². The predicted molar refractivity (Wildman–Crippen MR) is 64.8 cm³/mol. The highest BCUT2D eigenvalue weighted by atomic mass is 32.1. The molecule has 3 nitrogen and oxygen atoms in total. The summed E-state index contributed by atoms with van der Waals surface area (Å²) in [4.78, 5) is 7.95. The molecule has 0 bridgehead atoms. The second-order valence-corrected chi connectivity index (χ2v) is 5.66. The Bertz CT molecular complexity index is 317. The maximum atomic E-state index is 5.64. The molecule has 1 aliphatic carbocycles. The number of nitrogen functional groups attached to an aromatic ring is 1. The predicted octanol–water partition coefficient (Wildman–Crippen LogP) is 2.49. The standard InChI is InChI=1S/C11H19N3S/c1-8(2)14(9-4-3-5-9)7-10-6-13-11(12)15-10/h6,8-9H,3-5,7H2,1-2H3,(H2,12,13). The minimum atomic E-state index is 0.610. The van der Waals surface area contributed by atoms with Crippen molar-refractivity contribution in [2.75, 3.05) is 5.73 Å². The molecule has 2 N–H and O–H groups in total. The molecule has 1 fully saturated rings. The summed E-state index contributed by atoms with van der Waals surface area (Å²) in [7, 11) is 0. The molecule has 1 aromatic rings. The Morgan fingerprint density at radius 3 is 2.73 bits per heavy atom. The SMILES string of the molecule is CC(C)N(Cc1cnc(N)s1)C1CCC1. The summed E-state index contributed by atoms with van der Waals surface area (Å²) in [5.74, 6) is 0. The highest BCUT2D eigenvalue weighted by Crippen LogP contribution is 2.29. The van der Waals surface area contributed by atoms with Gasteiger partial charge >= 0.3 is 0 Å². The zero-order valence-corrected chi connectivity index (χ0v) is 10.3. The van der Waals surface area contributed by atoms with Gasteiger partial charge in [0.05, 0.1) is 0 Å². The van der Waals surface area contributed by atoms with E-state index in [-0.39, 0.29) is 0 Å². The van der Waals surface area contributed by atoms with Crippen LogP contribution in [0.25, 0.3) is 0 Å². The molecule has 1 heterocycles. The molecular formula is C11H19N3S. The summed E-state index contributed by atoms with van der Waals surface area (Å²) in [5.41, 5.74) is 5.64. The summed E-state index contributed by atoms with van der Waals surface area (Å²) in [5, 5.41) is 0.683. The van der Waals surface area contributed by atoms with Crippen molar-refractivity contribution in [1.29, 1.82) is 0 Å². The lowest BCUT2D eigenvalue weighted by molar-refractivity contribution is 0.0876. The Balaban J connectivity index is 1.99. The van der Waals surface area contributed by atoms with Crippen LogP contribution in [-0.2, 0) is 6.54 Å². The third-order valence-corrected chi connectivity index (χ3v) is 3.93. The third-order valence-electron chi connectivity index (χ3n) is 3.12. The van der Waals surface area contributed by atoms with Crippen LogP contribution in [0, 0.1) is 0 Å². The maximum absolute atomic E-state index is 5.64. The van der Waals surface area contributed by atoms with E-state index < -0.39 is 0 Å². The zero-order chi connectivity index (χ0) is 10.8. The van der Waals surface area contributed by atoms with Crippen molar-refractivity contribution in [2.45, 2.75) is 51.7 Å². The van der Waals surface area contributed by atoms with Crippen molar-refractivity contribution in [2.24, 2.45) is 0 Å². The average molecular weight is 225 g/mol. The van der Waals surface area contributed by atoms with Crippen molar-refractivity contribution in [3.8, 4) is 0 Å². The molecule has 4 heteroatoms. The summed E-state index contributed by atoms with van der Waals surface area (Å²) in [6.45, 7) is 5.54. The first kappa shape index (κ1) is 10.9. The molecule has 1 aliphatic rings. The summed E-state index contributed by atoms with van der Waals surface area (Å²) in [6.07, 6.45) is 6.01. The van der Waals surface area contributed by atoms with Gasteiger partial charge < -0.3 is 5.73 Å². The van der Waals surface area contributed by atoms with Gasteiger partial charge in [-0.3, -0.25) is 4.90 Å². The van der Waals surface area contributed by atoms with E-state index in [1.807, 2.05) is 6.20 Å². The molecule has 15 heavy (non-hydrogen) atoms.